The minimum atomic E-state index is -0.663. The zero-order chi connectivity index (χ0) is 15.1. The minimum absolute atomic E-state index is 0.0422. The highest BCUT2D eigenvalue weighted by molar-refractivity contribution is 5.88. The molecular formula is C13H12N2O5. The molecule has 1 rings (SSSR count). The molecule has 0 aliphatic heterocycles. The first-order valence-electron chi connectivity index (χ1n) is 5.65. The number of rotatable bonds is 6. The largest absolute Gasteiger partial charge is 0.482 e. The van der Waals surface area contributed by atoms with E-state index in [2.05, 4.69) is 6.58 Å². The summed E-state index contributed by atoms with van der Waals surface area (Å²) in [5, 5.41) is 19.6. The Balaban J connectivity index is 2.83. The molecule has 0 saturated heterocycles. The molecule has 1 aromatic rings. The van der Waals surface area contributed by atoms with Crippen molar-refractivity contribution < 1.29 is 19.2 Å². The van der Waals surface area contributed by atoms with Crippen LogP contribution in [0, 0.1) is 21.4 Å². The molecule has 0 saturated carbocycles. The minimum Gasteiger partial charge on any atom is -0.482 e. The molecule has 1 aromatic carbocycles. The van der Waals surface area contributed by atoms with E-state index in [4.69, 9.17) is 14.7 Å². The van der Waals surface area contributed by atoms with Crippen LogP contribution in [0.25, 0.3) is 0 Å². The number of nitriles is 1. The van der Waals surface area contributed by atoms with Crippen molar-refractivity contribution in [3.63, 3.8) is 0 Å². The van der Waals surface area contributed by atoms with Gasteiger partial charge in [0.2, 0.25) is 0 Å². The number of hydrogen-bond donors (Lipinski definition) is 0. The Morgan fingerprint density at radius 1 is 1.55 bits per heavy atom. The zero-order valence-corrected chi connectivity index (χ0v) is 10.8. The Labute approximate surface area is 115 Å². The molecule has 0 aliphatic carbocycles. The van der Waals surface area contributed by atoms with E-state index in [0.29, 0.717) is 0 Å². The summed E-state index contributed by atoms with van der Waals surface area (Å²) in [4.78, 5) is 21.5. The normalized spacial score (nSPS) is 9.40. The predicted molar refractivity (Wildman–Crippen MR) is 69.1 cm³/mol. The van der Waals surface area contributed by atoms with E-state index >= 15 is 0 Å². The molecule has 0 atom stereocenters. The molecule has 0 radical (unpaired) electrons. The zero-order valence-electron chi connectivity index (χ0n) is 10.8. The molecule has 0 aromatic heterocycles. The van der Waals surface area contributed by atoms with Gasteiger partial charge < -0.3 is 9.47 Å². The maximum atomic E-state index is 11.3. The van der Waals surface area contributed by atoms with E-state index < -0.39 is 10.9 Å². The van der Waals surface area contributed by atoms with E-state index in [9.17, 15) is 14.9 Å². The summed E-state index contributed by atoms with van der Waals surface area (Å²) < 4.78 is 9.89. The number of nitro groups is 1. The van der Waals surface area contributed by atoms with Gasteiger partial charge in [0.1, 0.15) is 6.61 Å². The highest BCUT2D eigenvalue weighted by atomic mass is 16.6. The predicted octanol–water partition coefficient (Wildman–Crippen LogP) is 1.96. The van der Waals surface area contributed by atoms with Crippen molar-refractivity contribution in [1.82, 2.24) is 0 Å². The third-order valence-corrected chi connectivity index (χ3v) is 2.25. The summed E-state index contributed by atoms with van der Waals surface area (Å²) >= 11 is 0. The first-order valence-corrected chi connectivity index (χ1v) is 5.65. The standard InChI is InChI=1S/C13H12N2O5/c1-3-19-13(16)9(2)8-20-12-5-4-10(7-14)6-11(12)15(17)18/h4-6H,2-3,8H2,1H3. The Kier molecular flexibility index (Phi) is 5.23. The van der Waals surface area contributed by atoms with Gasteiger partial charge in [0.25, 0.3) is 0 Å². The third kappa shape index (κ3) is 3.81. The van der Waals surface area contributed by atoms with Crippen LogP contribution in [0.15, 0.2) is 30.4 Å². The smallest absolute Gasteiger partial charge is 0.336 e. The van der Waals surface area contributed by atoms with Crippen LogP contribution in [-0.2, 0) is 9.53 Å². The second kappa shape index (κ2) is 6.89. The SMILES string of the molecule is C=C(COc1ccc(C#N)cc1[N+](=O)[O-])C(=O)OCC. The topological polar surface area (TPSA) is 102 Å². The van der Waals surface area contributed by atoms with Gasteiger partial charge in [-0.2, -0.15) is 5.26 Å². The van der Waals surface area contributed by atoms with Gasteiger partial charge >= 0.3 is 11.7 Å². The van der Waals surface area contributed by atoms with Crippen molar-refractivity contribution in [2.75, 3.05) is 13.2 Å². The van der Waals surface area contributed by atoms with Crippen LogP contribution in [0.2, 0.25) is 0 Å². The van der Waals surface area contributed by atoms with Crippen molar-refractivity contribution in [2.24, 2.45) is 0 Å². The van der Waals surface area contributed by atoms with Gasteiger partial charge in [0, 0.05) is 6.07 Å². The van der Waals surface area contributed by atoms with E-state index in [1.165, 1.54) is 12.1 Å². The molecule has 0 fully saturated rings. The fourth-order valence-corrected chi connectivity index (χ4v) is 1.31. The van der Waals surface area contributed by atoms with Crippen LogP contribution in [0.4, 0.5) is 5.69 Å². The maximum absolute atomic E-state index is 11.3. The fourth-order valence-electron chi connectivity index (χ4n) is 1.31. The molecule has 20 heavy (non-hydrogen) atoms. The number of benzene rings is 1. The molecule has 104 valence electrons. The van der Waals surface area contributed by atoms with Gasteiger partial charge in [-0.05, 0) is 19.1 Å². The third-order valence-electron chi connectivity index (χ3n) is 2.25. The van der Waals surface area contributed by atoms with E-state index in [0.717, 1.165) is 6.07 Å². The molecule has 7 nitrogen and oxygen atoms in total. The summed E-state index contributed by atoms with van der Waals surface area (Å²) in [6, 6.07) is 5.58. The fraction of sp³-hybridized carbons (Fsp3) is 0.231. The quantitative estimate of drug-likeness (QED) is 0.340. The Bertz CT molecular complexity index is 589. The number of hydrogen-bond acceptors (Lipinski definition) is 6. The van der Waals surface area contributed by atoms with Crippen molar-refractivity contribution in [3.8, 4) is 11.8 Å². The van der Waals surface area contributed by atoms with Crippen LogP contribution in [0.3, 0.4) is 0 Å². The van der Waals surface area contributed by atoms with Gasteiger partial charge in [-0.3, -0.25) is 10.1 Å². The summed E-state index contributed by atoms with van der Waals surface area (Å²) in [7, 11) is 0. The number of nitrogens with zero attached hydrogens (tertiary/aromatic N) is 2. The monoisotopic (exact) mass is 276 g/mol. The number of esters is 1. The molecule has 0 spiro atoms. The number of nitro benzene ring substituents is 1. The first kappa shape index (κ1) is 15.2. The van der Waals surface area contributed by atoms with E-state index in [-0.39, 0.29) is 35.8 Å². The highest BCUT2D eigenvalue weighted by Gasteiger charge is 2.17. The van der Waals surface area contributed by atoms with Crippen LogP contribution >= 0.6 is 0 Å². The van der Waals surface area contributed by atoms with Crippen molar-refractivity contribution >= 4 is 11.7 Å². The lowest BCUT2D eigenvalue weighted by atomic mass is 10.2. The number of carbonyl (C=O) groups excluding carboxylic acids is 1. The second-order valence-electron chi connectivity index (χ2n) is 3.66. The number of carbonyl (C=O) groups is 1. The Hall–Kier alpha value is -2.88. The van der Waals surface area contributed by atoms with Gasteiger partial charge in [-0.1, -0.05) is 6.58 Å². The lowest BCUT2D eigenvalue weighted by Crippen LogP contribution is -2.13. The van der Waals surface area contributed by atoms with E-state index in [1.54, 1.807) is 13.0 Å². The maximum Gasteiger partial charge on any atom is 0.336 e. The van der Waals surface area contributed by atoms with Crippen LogP contribution in [-0.4, -0.2) is 24.1 Å². The van der Waals surface area contributed by atoms with Gasteiger partial charge in [-0.15, -0.1) is 0 Å². The average molecular weight is 276 g/mol. The first-order chi connectivity index (χ1) is 9.49. The lowest BCUT2D eigenvalue weighted by molar-refractivity contribution is -0.385. The molecule has 0 N–H and O–H groups in total. The molecule has 0 heterocycles. The van der Waals surface area contributed by atoms with Gasteiger partial charge in [0.05, 0.1) is 28.7 Å². The Morgan fingerprint density at radius 2 is 2.25 bits per heavy atom. The lowest BCUT2D eigenvalue weighted by Gasteiger charge is -2.08. The molecular weight excluding hydrogens is 264 g/mol. The van der Waals surface area contributed by atoms with Crippen LogP contribution < -0.4 is 4.74 Å². The molecule has 0 aliphatic rings. The van der Waals surface area contributed by atoms with E-state index in [1.807, 2.05) is 0 Å². The summed E-state index contributed by atoms with van der Waals surface area (Å²) in [6.45, 7) is 5.10. The summed E-state index contributed by atoms with van der Waals surface area (Å²) in [5.74, 6) is -0.664. The molecule has 0 unspecified atom stereocenters. The second-order valence-corrected chi connectivity index (χ2v) is 3.66. The van der Waals surface area contributed by atoms with Crippen molar-refractivity contribution in [2.45, 2.75) is 6.92 Å². The molecule has 0 bridgehead atoms. The summed E-state index contributed by atoms with van der Waals surface area (Å²) in [5.41, 5.74) is -0.153. The van der Waals surface area contributed by atoms with Crippen molar-refractivity contribution in [1.29, 1.82) is 5.26 Å². The van der Waals surface area contributed by atoms with Gasteiger partial charge in [-0.25, -0.2) is 4.79 Å². The highest BCUT2D eigenvalue weighted by Crippen LogP contribution is 2.28. The number of ether oxygens (including phenoxy) is 2. The van der Waals surface area contributed by atoms with Gasteiger partial charge in [0.15, 0.2) is 5.75 Å². The summed E-state index contributed by atoms with van der Waals surface area (Å²) in [6.07, 6.45) is 0. The van der Waals surface area contributed by atoms with Crippen LogP contribution in [0.5, 0.6) is 5.75 Å². The average Bonchev–Trinajstić information content (AvgIpc) is 2.44. The van der Waals surface area contributed by atoms with Crippen molar-refractivity contribution in [3.05, 3.63) is 46.0 Å². The molecule has 7 heteroatoms. The molecule has 0 amide bonds. The Morgan fingerprint density at radius 3 is 2.80 bits per heavy atom. The van der Waals surface area contributed by atoms with Crippen LogP contribution in [0.1, 0.15) is 12.5 Å².